The van der Waals surface area contributed by atoms with Gasteiger partial charge in [0.15, 0.2) is 0 Å². The van der Waals surface area contributed by atoms with E-state index in [0.29, 0.717) is 43.3 Å². The first-order valence-electron chi connectivity index (χ1n) is 18.9. The second-order valence-corrected chi connectivity index (χ2v) is 14.7. The lowest BCUT2D eigenvalue weighted by atomic mass is 9.85. The number of rotatable bonds is 9. The van der Waals surface area contributed by atoms with Crippen molar-refractivity contribution < 1.29 is 23.1 Å². The molecule has 0 aliphatic carbocycles. The van der Waals surface area contributed by atoms with Crippen molar-refractivity contribution in [1.29, 1.82) is 0 Å². The van der Waals surface area contributed by atoms with Crippen molar-refractivity contribution >= 4 is 34.9 Å². The number of fused-ring (bicyclic) bond motifs is 1. The number of likely N-dealkylation sites (tertiary alicyclic amines) is 1. The molecule has 2 N–H and O–H groups in total. The molecule has 11 nitrogen and oxygen atoms in total. The van der Waals surface area contributed by atoms with E-state index in [0.717, 1.165) is 72.8 Å². The number of nitrogens with zero attached hydrogens (tertiary/aromatic N) is 6. The van der Waals surface area contributed by atoms with E-state index in [1.54, 1.807) is 24.1 Å². The first-order valence-corrected chi connectivity index (χ1v) is 18.9. The fourth-order valence-corrected chi connectivity index (χ4v) is 8.24. The van der Waals surface area contributed by atoms with Gasteiger partial charge in [-0.2, -0.15) is 0 Å². The predicted octanol–water partition coefficient (Wildman–Crippen LogP) is 6.33. The second-order valence-electron chi connectivity index (χ2n) is 14.7. The van der Waals surface area contributed by atoms with Crippen molar-refractivity contribution in [2.24, 2.45) is 0 Å². The first-order chi connectivity index (χ1) is 26.2. The third kappa shape index (κ3) is 7.60. The standard InChI is InChI=1S/C41H46F2N8O3/c1-54-35-12-2-28(3-13-35)26-51-38(52)18-23-50(40(51)53)34-10-8-32(9-11-34)48-20-15-33(16-21-48)49-22-17-36(41(42,43)27-49)29-4-6-31(7-5-29)46-39-45-24-30-14-19-44-25-37(30)47-39/h2-13,24,33,36,44H,14-23,25-27H2,1H3,(H,45,46,47). The molecule has 0 saturated carbocycles. The van der Waals surface area contributed by atoms with E-state index >= 15 is 8.78 Å². The number of imide groups is 1. The second kappa shape index (κ2) is 15.3. The van der Waals surface area contributed by atoms with Gasteiger partial charge >= 0.3 is 6.03 Å². The molecule has 3 aromatic carbocycles. The van der Waals surface area contributed by atoms with E-state index < -0.39 is 11.8 Å². The van der Waals surface area contributed by atoms with E-state index in [-0.39, 0.29) is 37.5 Å². The Morgan fingerprint density at radius 1 is 0.889 bits per heavy atom. The van der Waals surface area contributed by atoms with E-state index in [2.05, 4.69) is 25.5 Å². The summed E-state index contributed by atoms with van der Waals surface area (Å²) in [5, 5.41) is 6.54. The van der Waals surface area contributed by atoms with E-state index in [1.807, 2.05) is 71.8 Å². The van der Waals surface area contributed by atoms with Crippen LogP contribution in [-0.4, -0.2) is 90.0 Å². The van der Waals surface area contributed by atoms with Gasteiger partial charge in [0.05, 0.1) is 31.8 Å². The van der Waals surface area contributed by atoms with Crippen molar-refractivity contribution in [1.82, 2.24) is 25.1 Å². The normalized spacial score (nSPS) is 20.9. The molecule has 3 amide bonds. The van der Waals surface area contributed by atoms with Gasteiger partial charge in [-0.05, 0) is 104 Å². The Hall–Kier alpha value is -5.14. The molecule has 282 valence electrons. The number of urea groups is 1. The number of nitrogens with one attached hydrogen (secondary N) is 2. The topological polar surface area (TPSA) is 106 Å². The number of amides is 3. The lowest BCUT2D eigenvalue weighted by Crippen LogP contribution is -2.54. The summed E-state index contributed by atoms with van der Waals surface area (Å²) >= 11 is 0. The number of benzene rings is 3. The third-order valence-corrected chi connectivity index (χ3v) is 11.3. The van der Waals surface area contributed by atoms with Crippen molar-refractivity contribution in [2.75, 3.05) is 61.5 Å². The predicted molar refractivity (Wildman–Crippen MR) is 204 cm³/mol. The molecule has 5 heterocycles. The molecule has 13 heteroatoms. The molecule has 1 unspecified atom stereocenters. The summed E-state index contributed by atoms with van der Waals surface area (Å²) in [5.41, 5.74) is 6.19. The van der Waals surface area contributed by atoms with Crippen LogP contribution in [-0.2, 0) is 24.3 Å². The molecule has 0 spiro atoms. The van der Waals surface area contributed by atoms with Crippen LogP contribution in [0.4, 0.5) is 36.6 Å². The number of hydrogen-bond donors (Lipinski definition) is 2. The van der Waals surface area contributed by atoms with Crippen molar-refractivity contribution in [3.8, 4) is 5.75 Å². The fraction of sp³-hybridized carbons (Fsp3) is 0.415. The summed E-state index contributed by atoms with van der Waals surface area (Å²) in [5.74, 6) is -2.63. The van der Waals surface area contributed by atoms with Gasteiger partial charge in [0.1, 0.15) is 5.75 Å². The minimum Gasteiger partial charge on any atom is -0.497 e. The van der Waals surface area contributed by atoms with Crippen LogP contribution in [0.15, 0.2) is 79.0 Å². The van der Waals surface area contributed by atoms with Gasteiger partial charge in [0.2, 0.25) is 11.9 Å². The van der Waals surface area contributed by atoms with Crippen LogP contribution >= 0.6 is 0 Å². The molecule has 4 aliphatic heterocycles. The smallest absolute Gasteiger partial charge is 0.331 e. The van der Waals surface area contributed by atoms with Crippen molar-refractivity contribution in [2.45, 2.75) is 63.1 Å². The lowest BCUT2D eigenvalue weighted by Gasteiger charge is -2.45. The van der Waals surface area contributed by atoms with Gasteiger partial charge in [0.25, 0.3) is 5.92 Å². The number of methoxy groups -OCH3 is 1. The lowest BCUT2D eigenvalue weighted by molar-refractivity contribution is -0.129. The molecule has 1 atom stereocenters. The van der Waals surface area contributed by atoms with Gasteiger partial charge in [-0.25, -0.2) is 23.5 Å². The van der Waals surface area contributed by atoms with Gasteiger partial charge in [-0.1, -0.05) is 24.3 Å². The Bertz CT molecular complexity index is 1950. The summed E-state index contributed by atoms with van der Waals surface area (Å²) in [7, 11) is 1.59. The molecule has 4 aromatic rings. The molecule has 1 aromatic heterocycles. The van der Waals surface area contributed by atoms with E-state index in [1.165, 1.54) is 4.90 Å². The summed E-state index contributed by atoms with van der Waals surface area (Å²) in [6.07, 6.45) is 5.03. The number of halogens is 2. The first kappa shape index (κ1) is 35.9. The highest BCUT2D eigenvalue weighted by molar-refractivity contribution is 6.05. The Labute approximate surface area is 314 Å². The molecule has 4 aliphatic rings. The molecule has 0 bridgehead atoms. The SMILES string of the molecule is COc1ccc(CN2C(=O)CCN(c3ccc(N4CCC(N5CCC(c6ccc(Nc7ncc8c(n7)CNCC8)cc6)C(F)(F)C5)CC4)cc3)C2=O)cc1. The zero-order valence-electron chi connectivity index (χ0n) is 30.5. The Morgan fingerprint density at radius 2 is 1.63 bits per heavy atom. The maximum Gasteiger partial charge on any atom is 0.331 e. The summed E-state index contributed by atoms with van der Waals surface area (Å²) in [6.45, 7) is 4.09. The average molecular weight is 737 g/mol. The molecular formula is C41H46F2N8O3. The van der Waals surface area contributed by atoms with Crippen LogP contribution in [0.2, 0.25) is 0 Å². The third-order valence-electron chi connectivity index (χ3n) is 11.3. The summed E-state index contributed by atoms with van der Waals surface area (Å²) < 4.78 is 36.7. The fourth-order valence-electron chi connectivity index (χ4n) is 8.24. The number of carbonyl (C=O) groups is 2. The monoisotopic (exact) mass is 736 g/mol. The minimum absolute atomic E-state index is 0.103. The van der Waals surface area contributed by atoms with E-state index in [4.69, 9.17) is 4.74 Å². The quantitative estimate of drug-likeness (QED) is 0.204. The van der Waals surface area contributed by atoms with Crippen LogP contribution in [0.3, 0.4) is 0 Å². The zero-order valence-corrected chi connectivity index (χ0v) is 30.5. The number of aromatic nitrogens is 2. The van der Waals surface area contributed by atoms with E-state index in [9.17, 15) is 9.59 Å². The molecule has 3 fully saturated rings. The molecule has 54 heavy (non-hydrogen) atoms. The van der Waals surface area contributed by atoms with Crippen LogP contribution in [0, 0.1) is 0 Å². The van der Waals surface area contributed by atoms with Crippen LogP contribution in [0.1, 0.15) is 54.0 Å². The highest BCUT2D eigenvalue weighted by atomic mass is 19.3. The average Bonchev–Trinajstić information content (AvgIpc) is 3.20. The highest BCUT2D eigenvalue weighted by Crippen LogP contribution is 2.42. The summed E-state index contributed by atoms with van der Waals surface area (Å²) in [4.78, 5) is 42.4. The van der Waals surface area contributed by atoms with Gasteiger partial charge in [-0.15, -0.1) is 0 Å². The Kier molecular flexibility index (Phi) is 10.2. The maximum absolute atomic E-state index is 15.8. The molecular weight excluding hydrogens is 691 g/mol. The van der Waals surface area contributed by atoms with Gasteiger partial charge < -0.3 is 20.3 Å². The van der Waals surface area contributed by atoms with Crippen LogP contribution in [0.5, 0.6) is 5.75 Å². The molecule has 0 radical (unpaired) electrons. The molecule has 3 saturated heterocycles. The Balaban J connectivity index is 0.830. The Morgan fingerprint density at radius 3 is 2.35 bits per heavy atom. The van der Waals surface area contributed by atoms with Crippen LogP contribution < -0.4 is 25.2 Å². The highest BCUT2D eigenvalue weighted by Gasteiger charge is 2.47. The van der Waals surface area contributed by atoms with Crippen LogP contribution in [0.25, 0.3) is 0 Å². The number of piperidine rings is 2. The maximum atomic E-state index is 15.8. The van der Waals surface area contributed by atoms with Gasteiger partial charge in [-0.3, -0.25) is 19.5 Å². The number of anilines is 4. The number of hydrogen-bond acceptors (Lipinski definition) is 9. The van der Waals surface area contributed by atoms with Crippen molar-refractivity contribution in [3.05, 3.63) is 101 Å². The number of alkyl halides is 2. The number of carbonyl (C=O) groups excluding carboxylic acids is 2. The summed E-state index contributed by atoms with van der Waals surface area (Å²) in [6, 6.07) is 22.3. The zero-order chi connectivity index (χ0) is 37.2. The number of ether oxygens (including phenoxy) is 1. The van der Waals surface area contributed by atoms with Crippen molar-refractivity contribution in [3.63, 3.8) is 0 Å². The van der Waals surface area contributed by atoms with Gasteiger partial charge in [0, 0.05) is 61.9 Å². The molecule has 8 rings (SSSR count). The largest absolute Gasteiger partial charge is 0.497 e. The minimum atomic E-state index is -2.84.